The van der Waals surface area contributed by atoms with Crippen molar-refractivity contribution in [2.24, 2.45) is 11.7 Å². The predicted molar refractivity (Wildman–Crippen MR) is 77.8 cm³/mol. The quantitative estimate of drug-likeness (QED) is 0.907. The monoisotopic (exact) mass is 266 g/mol. The largest absolute Gasteiger partial charge is 0.320 e. The van der Waals surface area contributed by atoms with E-state index in [1.807, 2.05) is 12.1 Å². The van der Waals surface area contributed by atoms with Crippen molar-refractivity contribution in [1.82, 2.24) is 4.90 Å². The number of hydrogen-bond acceptors (Lipinski definition) is 2. The Morgan fingerprint density at radius 3 is 2.28 bits per heavy atom. The summed E-state index contributed by atoms with van der Waals surface area (Å²) in [7, 11) is 0. The van der Waals surface area contributed by atoms with Crippen LogP contribution in [0, 0.1) is 5.92 Å². The highest BCUT2D eigenvalue weighted by Crippen LogP contribution is 2.30. The van der Waals surface area contributed by atoms with Crippen LogP contribution >= 0.6 is 11.6 Å². The van der Waals surface area contributed by atoms with Crippen LogP contribution in [0.1, 0.15) is 32.3 Å². The highest BCUT2D eigenvalue weighted by molar-refractivity contribution is 6.30. The predicted octanol–water partition coefficient (Wildman–Crippen LogP) is 3.25. The summed E-state index contributed by atoms with van der Waals surface area (Å²) in [6.45, 7) is 7.69. The first-order valence-electron chi connectivity index (χ1n) is 6.79. The van der Waals surface area contributed by atoms with Gasteiger partial charge in [-0.1, -0.05) is 37.6 Å². The van der Waals surface area contributed by atoms with Crippen LogP contribution in [0.5, 0.6) is 0 Å². The Morgan fingerprint density at radius 1 is 1.22 bits per heavy atom. The van der Waals surface area contributed by atoms with E-state index < -0.39 is 0 Å². The average Bonchev–Trinajstić information content (AvgIpc) is 2.82. The number of hydrogen-bond donors (Lipinski definition) is 1. The smallest absolute Gasteiger partial charge is 0.0561 e. The molecule has 2 nitrogen and oxygen atoms in total. The molecule has 0 spiro atoms. The van der Waals surface area contributed by atoms with Gasteiger partial charge in [-0.3, -0.25) is 0 Å². The zero-order valence-electron chi connectivity index (χ0n) is 11.3. The minimum atomic E-state index is -0.283. The third-order valence-corrected chi connectivity index (χ3v) is 4.35. The lowest BCUT2D eigenvalue weighted by molar-refractivity contribution is 0.198. The van der Waals surface area contributed by atoms with Crippen molar-refractivity contribution in [2.75, 3.05) is 19.6 Å². The van der Waals surface area contributed by atoms with E-state index in [1.54, 1.807) is 0 Å². The van der Waals surface area contributed by atoms with Gasteiger partial charge < -0.3 is 10.6 Å². The van der Waals surface area contributed by atoms with E-state index in [1.165, 1.54) is 31.5 Å². The summed E-state index contributed by atoms with van der Waals surface area (Å²) in [5.74, 6) is 0.402. The third kappa shape index (κ3) is 2.87. The fraction of sp³-hybridized carbons (Fsp3) is 0.600. The maximum absolute atomic E-state index is 6.71. The van der Waals surface area contributed by atoms with Crippen LogP contribution in [0.2, 0.25) is 5.02 Å². The van der Waals surface area contributed by atoms with Crippen molar-refractivity contribution in [3.63, 3.8) is 0 Å². The summed E-state index contributed by atoms with van der Waals surface area (Å²) in [5, 5.41) is 0.769. The second-order valence-electron chi connectivity index (χ2n) is 5.69. The van der Waals surface area contributed by atoms with Crippen LogP contribution in [-0.4, -0.2) is 24.5 Å². The molecule has 1 unspecified atom stereocenters. The van der Waals surface area contributed by atoms with Gasteiger partial charge in [-0.15, -0.1) is 0 Å². The Bertz CT molecular complexity index is 382. The minimum absolute atomic E-state index is 0.283. The summed E-state index contributed by atoms with van der Waals surface area (Å²) in [4.78, 5) is 2.48. The Morgan fingerprint density at radius 2 is 1.78 bits per heavy atom. The fourth-order valence-corrected chi connectivity index (χ4v) is 2.80. The first kappa shape index (κ1) is 13.9. The van der Waals surface area contributed by atoms with Gasteiger partial charge in [0, 0.05) is 11.6 Å². The lowest BCUT2D eigenvalue weighted by Crippen LogP contribution is -2.50. The summed E-state index contributed by atoms with van der Waals surface area (Å²) >= 11 is 5.96. The highest BCUT2D eigenvalue weighted by atomic mass is 35.5. The maximum Gasteiger partial charge on any atom is 0.0561 e. The standard InChI is InChI=1S/C15H23ClN2/c1-12(2)15(17,11-18-9-3-4-10-18)13-5-7-14(16)8-6-13/h5-8,12H,3-4,9-11,17H2,1-2H3. The van der Waals surface area contributed by atoms with Gasteiger partial charge in [0.05, 0.1) is 5.54 Å². The van der Waals surface area contributed by atoms with Crippen LogP contribution in [0.15, 0.2) is 24.3 Å². The van der Waals surface area contributed by atoms with Gasteiger partial charge in [0.2, 0.25) is 0 Å². The molecule has 0 radical (unpaired) electrons. The molecule has 3 heteroatoms. The normalized spacial score (nSPS) is 20.3. The van der Waals surface area contributed by atoms with Crippen LogP contribution in [0.3, 0.4) is 0 Å². The molecule has 18 heavy (non-hydrogen) atoms. The number of likely N-dealkylation sites (tertiary alicyclic amines) is 1. The molecule has 1 fully saturated rings. The van der Waals surface area contributed by atoms with Gasteiger partial charge in [0.15, 0.2) is 0 Å². The van der Waals surface area contributed by atoms with E-state index in [4.69, 9.17) is 17.3 Å². The molecular weight excluding hydrogens is 244 g/mol. The fourth-order valence-electron chi connectivity index (χ4n) is 2.68. The molecule has 100 valence electrons. The van der Waals surface area contributed by atoms with E-state index in [2.05, 4.69) is 30.9 Å². The van der Waals surface area contributed by atoms with E-state index >= 15 is 0 Å². The summed E-state index contributed by atoms with van der Waals surface area (Å²) in [5.41, 5.74) is 7.61. The van der Waals surface area contributed by atoms with Gasteiger partial charge in [-0.05, 0) is 49.5 Å². The van der Waals surface area contributed by atoms with Crippen molar-refractivity contribution < 1.29 is 0 Å². The zero-order chi connectivity index (χ0) is 13.2. The molecular formula is C15H23ClN2. The average molecular weight is 267 g/mol. The van der Waals surface area contributed by atoms with Gasteiger partial charge in [-0.25, -0.2) is 0 Å². The molecule has 1 atom stereocenters. The lowest BCUT2D eigenvalue weighted by Gasteiger charge is -2.37. The first-order chi connectivity index (χ1) is 8.52. The van der Waals surface area contributed by atoms with Crippen LogP contribution < -0.4 is 5.73 Å². The van der Waals surface area contributed by atoms with E-state index in [9.17, 15) is 0 Å². The molecule has 1 aromatic rings. The van der Waals surface area contributed by atoms with E-state index in [0.29, 0.717) is 5.92 Å². The molecule has 0 saturated carbocycles. The van der Waals surface area contributed by atoms with E-state index in [-0.39, 0.29) is 5.54 Å². The molecule has 0 aromatic heterocycles. The number of benzene rings is 1. The van der Waals surface area contributed by atoms with E-state index in [0.717, 1.165) is 11.6 Å². The Balaban J connectivity index is 2.22. The number of nitrogens with zero attached hydrogens (tertiary/aromatic N) is 1. The molecule has 2 N–H and O–H groups in total. The van der Waals surface area contributed by atoms with Crippen LogP contribution in [0.4, 0.5) is 0 Å². The van der Waals surface area contributed by atoms with Crippen molar-refractivity contribution in [3.8, 4) is 0 Å². The zero-order valence-corrected chi connectivity index (χ0v) is 12.1. The maximum atomic E-state index is 6.71. The summed E-state index contributed by atoms with van der Waals surface area (Å²) in [6.07, 6.45) is 2.60. The Labute approximate surface area is 115 Å². The first-order valence-corrected chi connectivity index (χ1v) is 7.17. The molecule has 1 aliphatic rings. The molecule has 1 aromatic carbocycles. The topological polar surface area (TPSA) is 29.3 Å². The van der Waals surface area contributed by atoms with Gasteiger partial charge in [0.1, 0.15) is 0 Å². The molecule has 0 bridgehead atoms. The van der Waals surface area contributed by atoms with Gasteiger partial charge >= 0.3 is 0 Å². The number of halogens is 1. The molecule has 2 rings (SSSR count). The van der Waals surface area contributed by atoms with Crippen LogP contribution in [-0.2, 0) is 5.54 Å². The minimum Gasteiger partial charge on any atom is -0.320 e. The Hall–Kier alpha value is -0.570. The van der Waals surface area contributed by atoms with Crippen molar-refractivity contribution in [2.45, 2.75) is 32.2 Å². The molecule has 1 saturated heterocycles. The highest BCUT2D eigenvalue weighted by Gasteiger charge is 2.33. The summed E-state index contributed by atoms with van der Waals surface area (Å²) in [6, 6.07) is 8.01. The second-order valence-corrected chi connectivity index (χ2v) is 6.12. The molecule has 1 aliphatic heterocycles. The molecule has 1 heterocycles. The number of nitrogens with two attached hydrogens (primary N) is 1. The van der Waals surface area contributed by atoms with Crippen molar-refractivity contribution >= 4 is 11.6 Å². The molecule has 0 aliphatic carbocycles. The van der Waals surface area contributed by atoms with Crippen molar-refractivity contribution in [1.29, 1.82) is 0 Å². The summed E-state index contributed by atoms with van der Waals surface area (Å²) < 4.78 is 0. The SMILES string of the molecule is CC(C)C(N)(CN1CCCC1)c1ccc(Cl)cc1. The molecule has 0 amide bonds. The second kappa shape index (κ2) is 5.60. The Kier molecular flexibility index (Phi) is 4.31. The lowest BCUT2D eigenvalue weighted by atomic mass is 9.80. The third-order valence-electron chi connectivity index (χ3n) is 4.10. The van der Waals surface area contributed by atoms with Gasteiger partial charge in [-0.2, -0.15) is 0 Å². The van der Waals surface area contributed by atoms with Crippen LogP contribution in [0.25, 0.3) is 0 Å². The van der Waals surface area contributed by atoms with Crippen molar-refractivity contribution in [3.05, 3.63) is 34.9 Å². The van der Waals surface area contributed by atoms with Gasteiger partial charge in [0.25, 0.3) is 0 Å². The number of rotatable bonds is 4.